The van der Waals surface area contributed by atoms with E-state index in [1.807, 2.05) is 51.1 Å². The van der Waals surface area contributed by atoms with Gasteiger partial charge in [0.1, 0.15) is 17.6 Å². The largest absolute Gasteiger partial charge is 0.494 e. The summed E-state index contributed by atoms with van der Waals surface area (Å²) < 4.78 is 22.5. The molecule has 1 atom stereocenters. The summed E-state index contributed by atoms with van der Waals surface area (Å²) in [7, 11) is 1.60. The van der Waals surface area contributed by atoms with Gasteiger partial charge in [-0.3, -0.25) is 4.79 Å². The highest BCUT2D eigenvalue weighted by Crippen LogP contribution is 2.35. The monoisotopic (exact) mass is 411 g/mol. The van der Waals surface area contributed by atoms with Crippen LogP contribution in [0.2, 0.25) is 0 Å². The molecule has 1 amide bonds. The van der Waals surface area contributed by atoms with Gasteiger partial charge < -0.3 is 24.3 Å². The van der Waals surface area contributed by atoms with Gasteiger partial charge in [0.05, 0.1) is 20.3 Å². The van der Waals surface area contributed by atoms with Crippen molar-refractivity contribution in [2.24, 2.45) is 0 Å². The standard InChI is InChI=1S/C24H29NO5/c1-5-28-21-13-18-11-16(3)30-22(18)14-19(21)15-25-24(26)10-8-17-7-9-20(27-4)23(12-17)29-6-2/h7-10,12-14,16H,5-6,11,15H2,1-4H3,(H,25,26)/b10-8+/t16-/m1/s1. The van der Waals surface area contributed by atoms with E-state index in [1.165, 1.54) is 6.08 Å². The molecule has 6 nitrogen and oxygen atoms in total. The zero-order chi connectivity index (χ0) is 21.5. The number of benzene rings is 2. The molecule has 3 rings (SSSR count). The van der Waals surface area contributed by atoms with Crippen LogP contribution in [-0.4, -0.2) is 32.3 Å². The van der Waals surface area contributed by atoms with Gasteiger partial charge >= 0.3 is 0 Å². The highest BCUT2D eigenvalue weighted by Gasteiger charge is 2.21. The molecule has 30 heavy (non-hydrogen) atoms. The maximum absolute atomic E-state index is 12.4. The normalized spacial score (nSPS) is 14.9. The van der Waals surface area contributed by atoms with Gasteiger partial charge in [-0.25, -0.2) is 0 Å². The van der Waals surface area contributed by atoms with Crippen molar-refractivity contribution in [1.29, 1.82) is 0 Å². The SMILES string of the molecule is CCOc1cc2c(cc1CNC(=O)/C=C/c1ccc(OC)c(OCC)c1)O[C@H](C)C2. The van der Waals surface area contributed by atoms with E-state index in [2.05, 4.69) is 5.32 Å². The average molecular weight is 411 g/mol. The van der Waals surface area contributed by atoms with Crippen LogP contribution in [0.15, 0.2) is 36.4 Å². The maximum Gasteiger partial charge on any atom is 0.244 e. The van der Waals surface area contributed by atoms with Gasteiger partial charge in [0.2, 0.25) is 5.91 Å². The van der Waals surface area contributed by atoms with Crippen LogP contribution in [0.25, 0.3) is 6.08 Å². The number of carbonyl (C=O) groups is 1. The lowest BCUT2D eigenvalue weighted by atomic mass is 10.1. The van der Waals surface area contributed by atoms with Gasteiger partial charge in [0.15, 0.2) is 11.5 Å². The van der Waals surface area contributed by atoms with Crippen molar-refractivity contribution in [1.82, 2.24) is 5.32 Å². The third-order valence-electron chi connectivity index (χ3n) is 4.75. The van der Waals surface area contributed by atoms with Gasteiger partial charge in [-0.1, -0.05) is 6.07 Å². The number of amides is 1. The Balaban J connectivity index is 1.66. The Morgan fingerprint density at radius 3 is 2.63 bits per heavy atom. The lowest BCUT2D eigenvalue weighted by Crippen LogP contribution is -2.20. The first-order chi connectivity index (χ1) is 14.5. The molecule has 160 valence electrons. The maximum atomic E-state index is 12.4. The number of hydrogen-bond acceptors (Lipinski definition) is 5. The number of carbonyl (C=O) groups excluding carboxylic acids is 1. The first-order valence-corrected chi connectivity index (χ1v) is 10.3. The quantitative estimate of drug-likeness (QED) is 0.628. The van der Waals surface area contributed by atoms with Gasteiger partial charge in [0, 0.05) is 30.2 Å². The number of methoxy groups -OCH3 is 1. The topological polar surface area (TPSA) is 66.0 Å². The number of ether oxygens (including phenoxy) is 4. The highest BCUT2D eigenvalue weighted by atomic mass is 16.5. The number of fused-ring (bicyclic) bond motifs is 1. The Hall–Kier alpha value is -3.15. The fraction of sp³-hybridized carbons (Fsp3) is 0.375. The van der Waals surface area contributed by atoms with Crippen molar-refractivity contribution in [2.45, 2.75) is 39.8 Å². The molecule has 1 aliphatic rings. The lowest BCUT2D eigenvalue weighted by Gasteiger charge is -2.13. The second-order valence-corrected chi connectivity index (χ2v) is 7.03. The zero-order valence-electron chi connectivity index (χ0n) is 18.0. The van der Waals surface area contributed by atoms with E-state index in [-0.39, 0.29) is 12.0 Å². The van der Waals surface area contributed by atoms with E-state index in [4.69, 9.17) is 18.9 Å². The van der Waals surface area contributed by atoms with Crippen LogP contribution in [0, 0.1) is 0 Å². The summed E-state index contributed by atoms with van der Waals surface area (Å²) in [6.45, 7) is 7.36. The molecule has 0 fully saturated rings. The molecule has 2 aromatic rings. The molecule has 0 aliphatic carbocycles. The summed E-state index contributed by atoms with van der Waals surface area (Å²) in [6, 6.07) is 9.52. The minimum atomic E-state index is -0.194. The van der Waals surface area contributed by atoms with Crippen molar-refractivity contribution in [3.63, 3.8) is 0 Å². The van der Waals surface area contributed by atoms with Crippen LogP contribution in [0.1, 0.15) is 37.5 Å². The predicted molar refractivity (Wildman–Crippen MR) is 116 cm³/mol. The third kappa shape index (κ3) is 5.26. The van der Waals surface area contributed by atoms with E-state index in [0.717, 1.165) is 34.6 Å². The van der Waals surface area contributed by atoms with Crippen LogP contribution >= 0.6 is 0 Å². The van der Waals surface area contributed by atoms with E-state index >= 15 is 0 Å². The van der Waals surface area contributed by atoms with E-state index in [0.29, 0.717) is 31.3 Å². The summed E-state index contributed by atoms with van der Waals surface area (Å²) in [5.74, 6) is 2.77. The third-order valence-corrected chi connectivity index (χ3v) is 4.75. The second kappa shape index (κ2) is 10.1. The lowest BCUT2D eigenvalue weighted by molar-refractivity contribution is -0.116. The fourth-order valence-electron chi connectivity index (χ4n) is 3.39. The molecule has 1 heterocycles. The Labute approximate surface area is 177 Å². The molecule has 1 aliphatic heterocycles. The summed E-state index contributed by atoms with van der Waals surface area (Å²) in [4.78, 5) is 12.4. The van der Waals surface area contributed by atoms with Crippen molar-refractivity contribution in [3.8, 4) is 23.0 Å². The summed E-state index contributed by atoms with van der Waals surface area (Å²) in [6.07, 6.45) is 4.28. The first kappa shape index (κ1) is 21.6. The van der Waals surface area contributed by atoms with Gasteiger partial charge in [-0.15, -0.1) is 0 Å². The minimum Gasteiger partial charge on any atom is -0.494 e. The minimum absolute atomic E-state index is 0.160. The highest BCUT2D eigenvalue weighted by molar-refractivity contribution is 5.91. The van der Waals surface area contributed by atoms with Gasteiger partial charge in [-0.2, -0.15) is 0 Å². The van der Waals surface area contributed by atoms with Crippen LogP contribution in [-0.2, 0) is 17.8 Å². The smallest absolute Gasteiger partial charge is 0.244 e. The van der Waals surface area contributed by atoms with Crippen molar-refractivity contribution in [2.75, 3.05) is 20.3 Å². The molecule has 0 bridgehead atoms. The van der Waals surface area contributed by atoms with Crippen molar-refractivity contribution >= 4 is 12.0 Å². The molecule has 0 unspecified atom stereocenters. The Kier molecular flexibility index (Phi) is 7.22. The Morgan fingerprint density at radius 1 is 1.13 bits per heavy atom. The Morgan fingerprint density at radius 2 is 1.90 bits per heavy atom. The molecule has 6 heteroatoms. The van der Waals surface area contributed by atoms with E-state index in [1.54, 1.807) is 13.2 Å². The molecular formula is C24H29NO5. The summed E-state index contributed by atoms with van der Waals surface area (Å²) in [5.41, 5.74) is 2.89. The number of hydrogen-bond donors (Lipinski definition) is 1. The molecule has 0 spiro atoms. The number of rotatable bonds is 9. The molecule has 0 aromatic heterocycles. The molecule has 0 saturated heterocycles. The fourth-order valence-corrected chi connectivity index (χ4v) is 3.39. The summed E-state index contributed by atoms with van der Waals surface area (Å²) in [5, 5.41) is 2.92. The predicted octanol–water partition coefficient (Wildman–Crippen LogP) is 4.15. The first-order valence-electron chi connectivity index (χ1n) is 10.3. The molecule has 0 radical (unpaired) electrons. The zero-order valence-corrected chi connectivity index (χ0v) is 18.0. The molecular weight excluding hydrogens is 382 g/mol. The molecule has 1 N–H and O–H groups in total. The van der Waals surface area contributed by atoms with Crippen LogP contribution < -0.4 is 24.3 Å². The molecule has 0 saturated carbocycles. The summed E-state index contributed by atoms with van der Waals surface area (Å²) >= 11 is 0. The Bertz CT molecular complexity index is 922. The average Bonchev–Trinajstić information content (AvgIpc) is 3.10. The van der Waals surface area contributed by atoms with E-state index < -0.39 is 0 Å². The van der Waals surface area contributed by atoms with Crippen LogP contribution in [0.5, 0.6) is 23.0 Å². The second-order valence-electron chi connectivity index (χ2n) is 7.03. The number of nitrogens with one attached hydrogen (secondary N) is 1. The van der Waals surface area contributed by atoms with Gasteiger partial charge in [0.25, 0.3) is 0 Å². The van der Waals surface area contributed by atoms with Crippen molar-refractivity contribution in [3.05, 3.63) is 53.1 Å². The van der Waals surface area contributed by atoms with Crippen LogP contribution in [0.4, 0.5) is 0 Å². The van der Waals surface area contributed by atoms with E-state index in [9.17, 15) is 4.79 Å². The molecule has 2 aromatic carbocycles. The van der Waals surface area contributed by atoms with Crippen LogP contribution in [0.3, 0.4) is 0 Å². The van der Waals surface area contributed by atoms with Crippen molar-refractivity contribution < 1.29 is 23.7 Å². The van der Waals surface area contributed by atoms with Gasteiger partial charge in [-0.05, 0) is 56.7 Å².